The van der Waals surface area contributed by atoms with Crippen molar-refractivity contribution in [2.24, 2.45) is 5.41 Å². The lowest BCUT2D eigenvalue weighted by Crippen LogP contribution is -2.35. The fourth-order valence-corrected chi connectivity index (χ4v) is 4.94. The molecule has 0 spiro atoms. The first-order valence-electron chi connectivity index (χ1n) is 12.0. The van der Waals surface area contributed by atoms with E-state index in [1.54, 1.807) is 13.1 Å². The van der Waals surface area contributed by atoms with Crippen molar-refractivity contribution >= 4 is 22.8 Å². The molecule has 9 nitrogen and oxygen atoms in total. The number of rotatable bonds is 5. The number of nitrogens with one attached hydrogen (secondary N) is 1. The molecule has 0 saturated carbocycles. The van der Waals surface area contributed by atoms with Crippen molar-refractivity contribution < 1.29 is 19.1 Å². The minimum absolute atomic E-state index is 0.0131. The summed E-state index contributed by atoms with van der Waals surface area (Å²) in [6, 6.07) is 7.18. The van der Waals surface area contributed by atoms with E-state index >= 15 is 0 Å². The summed E-state index contributed by atoms with van der Waals surface area (Å²) in [6.45, 7) is 9.25. The first-order chi connectivity index (χ1) is 16.7. The van der Waals surface area contributed by atoms with E-state index in [1.807, 2.05) is 27.4 Å². The average Bonchev–Trinajstić information content (AvgIpc) is 3.39. The lowest BCUT2D eigenvalue weighted by molar-refractivity contribution is -0.119. The van der Waals surface area contributed by atoms with Crippen LogP contribution in [-0.2, 0) is 16.1 Å². The highest BCUT2D eigenvalue weighted by atomic mass is 16.5. The summed E-state index contributed by atoms with van der Waals surface area (Å²) in [5.41, 5.74) is 1.70. The van der Waals surface area contributed by atoms with E-state index in [-0.39, 0.29) is 41.0 Å². The van der Waals surface area contributed by atoms with Crippen LogP contribution in [-0.4, -0.2) is 45.5 Å². The van der Waals surface area contributed by atoms with E-state index in [0.29, 0.717) is 36.5 Å². The van der Waals surface area contributed by atoms with Gasteiger partial charge in [0, 0.05) is 24.1 Å². The largest absolute Gasteiger partial charge is 0.489 e. The number of esters is 1. The SMILES string of the molecule is CCOC(=O)c1cn2c(cc1=O)-c1c3cccc(OC[C@H]4CCC(=O)N4)c3nn1CC2C(C)(C)C. The van der Waals surface area contributed by atoms with Crippen molar-refractivity contribution in [1.29, 1.82) is 0 Å². The van der Waals surface area contributed by atoms with Gasteiger partial charge >= 0.3 is 5.97 Å². The molecule has 1 unspecified atom stereocenters. The van der Waals surface area contributed by atoms with Gasteiger partial charge in [0.2, 0.25) is 5.91 Å². The molecule has 1 N–H and O–H groups in total. The van der Waals surface area contributed by atoms with E-state index < -0.39 is 5.97 Å². The van der Waals surface area contributed by atoms with Crippen LogP contribution >= 0.6 is 0 Å². The number of carbonyl (C=O) groups is 2. The molecule has 1 saturated heterocycles. The van der Waals surface area contributed by atoms with Crippen LogP contribution in [0.1, 0.15) is 56.9 Å². The third-order valence-electron chi connectivity index (χ3n) is 6.76. The summed E-state index contributed by atoms with van der Waals surface area (Å²) in [7, 11) is 0. The predicted molar refractivity (Wildman–Crippen MR) is 131 cm³/mol. The standard InChI is InChI=1S/C26H30N4O5/c1-5-34-25(33)17-12-29-18(11-19(17)31)24-16-7-6-8-20(35-14-15-9-10-22(32)27-15)23(16)28-30(24)13-21(29)26(2,3)4/h6-8,11-12,15,21H,5,9-10,13-14H2,1-4H3,(H,27,32)/t15-,21?/m1/s1. The Kier molecular flexibility index (Phi) is 5.65. The average molecular weight is 479 g/mol. The second-order valence-corrected chi connectivity index (χ2v) is 10.2. The Morgan fingerprint density at radius 3 is 2.74 bits per heavy atom. The number of fused-ring (bicyclic) bond motifs is 5. The number of nitrogens with zero attached hydrogens (tertiary/aromatic N) is 3. The molecule has 2 atom stereocenters. The molecular weight excluding hydrogens is 448 g/mol. The van der Waals surface area contributed by atoms with Gasteiger partial charge in [-0.25, -0.2) is 4.79 Å². The van der Waals surface area contributed by atoms with Crippen LogP contribution in [0, 0.1) is 5.41 Å². The highest BCUT2D eigenvalue weighted by molar-refractivity contribution is 5.97. The summed E-state index contributed by atoms with van der Waals surface area (Å²) in [5, 5.41) is 8.67. The monoisotopic (exact) mass is 478 g/mol. The molecule has 5 rings (SSSR count). The molecule has 2 aliphatic heterocycles. The topological polar surface area (TPSA) is 104 Å². The van der Waals surface area contributed by atoms with Crippen molar-refractivity contribution in [3.05, 3.63) is 46.2 Å². The van der Waals surface area contributed by atoms with Crippen LogP contribution in [0.3, 0.4) is 0 Å². The Balaban J connectivity index is 1.62. The molecule has 2 aromatic heterocycles. The molecule has 0 radical (unpaired) electrons. The van der Waals surface area contributed by atoms with Gasteiger partial charge in [0.15, 0.2) is 5.43 Å². The zero-order valence-corrected chi connectivity index (χ0v) is 20.5. The van der Waals surface area contributed by atoms with Gasteiger partial charge in [0.1, 0.15) is 23.4 Å². The molecule has 1 fully saturated rings. The van der Waals surface area contributed by atoms with Crippen LogP contribution in [0.25, 0.3) is 22.3 Å². The Bertz CT molecular complexity index is 1380. The van der Waals surface area contributed by atoms with Gasteiger partial charge in [-0.15, -0.1) is 0 Å². The lowest BCUT2D eigenvalue weighted by atomic mass is 9.85. The van der Waals surface area contributed by atoms with Crippen molar-refractivity contribution in [2.45, 2.75) is 59.2 Å². The smallest absolute Gasteiger partial charge is 0.343 e. The zero-order valence-electron chi connectivity index (χ0n) is 20.5. The Labute approximate surface area is 203 Å². The van der Waals surface area contributed by atoms with Crippen LogP contribution in [0.15, 0.2) is 35.3 Å². The molecule has 3 aromatic rings. The molecule has 0 bridgehead atoms. The highest BCUT2D eigenvalue weighted by Crippen LogP contribution is 2.43. The van der Waals surface area contributed by atoms with E-state index in [4.69, 9.17) is 14.6 Å². The van der Waals surface area contributed by atoms with Crippen molar-refractivity contribution in [3.63, 3.8) is 0 Å². The number of amides is 1. The molecule has 9 heteroatoms. The minimum atomic E-state index is -0.612. The zero-order chi connectivity index (χ0) is 24.9. The fourth-order valence-electron chi connectivity index (χ4n) is 4.94. The van der Waals surface area contributed by atoms with Crippen LogP contribution in [0.4, 0.5) is 0 Å². The Hall–Kier alpha value is -3.62. The maximum atomic E-state index is 13.0. The number of ether oxygens (including phenoxy) is 2. The first-order valence-corrected chi connectivity index (χ1v) is 12.0. The lowest BCUT2D eigenvalue weighted by Gasteiger charge is -2.38. The van der Waals surface area contributed by atoms with Crippen molar-refractivity contribution in [3.8, 4) is 17.1 Å². The number of hydrogen-bond donors (Lipinski definition) is 1. The molecular formula is C26H30N4O5. The fraction of sp³-hybridized carbons (Fsp3) is 0.462. The molecule has 0 aliphatic carbocycles. The Morgan fingerprint density at radius 2 is 2.06 bits per heavy atom. The highest BCUT2D eigenvalue weighted by Gasteiger charge is 2.35. The van der Waals surface area contributed by atoms with Gasteiger partial charge < -0.3 is 19.4 Å². The van der Waals surface area contributed by atoms with Gasteiger partial charge in [0.25, 0.3) is 0 Å². The molecule has 1 aromatic carbocycles. The number of hydrogen-bond acceptors (Lipinski definition) is 6. The van der Waals surface area contributed by atoms with Gasteiger partial charge in [-0.3, -0.25) is 14.3 Å². The number of benzene rings is 1. The quantitative estimate of drug-likeness (QED) is 0.565. The van der Waals surface area contributed by atoms with E-state index in [2.05, 4.69) is 26.1 Å². The summed E-state index contributed by atoms with van der Waals surface area (Å²) < 4.78 is 15.2. The summed E-state index contributed by atoms with van der Waals surface area (Å²) >= 11 is 0. The second-order valence-electron chi connectivity index (χ2n) is 10.2. The molecule has 184 valence electrons. The molecule has 1 amide bonds. The Morgan fingerprint density at radius 1 is 1.26 bits per heavy atom. The number of pyridine rings is 1. The maximum Gasteiger partial charge on any atom is 0.343 e. The van der Waals surface area contributed by atoms with E-state index in [9.17, 15) is 14.4 Å². The summed E-state index contributed by atoms with van der Waals surface area (Å²) in [4.78, 5) is 37.0. The summed E-state index contributed by atoms with van der Waals surface area (Å²) in [5.74, 6) is 0.0701. The van der Waals surface area contributed by atoms with E-state index in [0.717, 1.165) is 17.5 Å². The first kappa shape index (κ1) is 23.1. The summed E-state index contributed by atoms with van der Waals surface area (Å²) in [6.07, 6.45) is 2.91. The third kappa shape index (κ3) is 4.09. The van der Waals surface area contributed by atoms with Gasteiger partial charge in [-0.2, -0.15) is 5.10 Å². The number of aromatic nitrogens is 3. The molecule has 35 heavy (non-hydrogen) atoms. The van der Waals surface area contributed by atoms with Crippen LogP contribution < -0.4 is 15.5 Å². The van der Waals surface area contributed by atoms with Crippen molar-refractivity contribution in [1.82, 2.24) is 19.7 Å². The van der Waals surface area contributed by atoms with Gasteiger partial charge in [-0.05, 0) is 24.8 Å². The van der Waals surface area contributed by atoms with Gasteiger partial charge in [-0.1, -0.05) is 32.9 Å². The third-order valence-corrected chi connectivity index (χ3v) is 6.76. The van der Waals surface area contributed by atoms with Crippen LogP contribution in [0.5, 0.6) is 5.75 Å². The van der Waals surface area contributed by atoms with Crippen LogP contribution in [0.2, 0.25) is 0 Å². The van der Waals surface area contributed by atoms with Gasteiger partial charge in [0.05, 0.1) is 36.6 Å². The minimum Gasteiger partial charge on any atom is -0.489 e. The normalized spacial score (nSPS) is 19.3. The van der Waals surface area contributed by atoms with E-state index in [1.165, 1.54) is 6.07 Å². The number of carbonyl (C=O) groups excluding carboxylic acids is 2. The molecule has 4 heterocycles. The maximum absolute atomic E-state index is 13.0. The van der Waals surface area contributed by atoms with Crippen molar-refractivity contribution in [2.75, 3.05) is 13.2 Å². The second kappa shape index (κ2) is 8.55. The predicted octanol–water partition coefficient (Wildman–Crippen LogP) is 3.30. The molecule has 2 aliphatic rings.